The molecule has 0 aromatic heterocycles. The number of halogens is 1. The number of amides is 1. The van der Waals surface area contributed by atoms with Gasteiger partial charge in [-0.2, -0.15) is 0 Å². The van der Waals surface area contributed by atoms with E-state index in [9.17, 15) is 9.18 Å². The topological polar surface area (TPSA) is 29.1 Å². The lowest BCUT2D eigenvalue weighted by atomic mass is 10.00. The number of carbonyl (C=O) groups excluding carboxylic acids is 1. The van der Waals surface area contributed by atoms with Gasteiger partial charge < -0.3 is 5.32 Å². The average Bonchev–Trinajstić information content (AvgIpc) is 2.86. The summed E-state index contributed by atoms with van der Waals surface area (Å²) < 4.78 is 12.2. The monoisotopic (exact) mass is 201 g/mol. The van der Waals surface area contributed by atoms with Gasteiger partial charge in [-0.15, -0.1) is 0 Å². The Balaban J connectivity index is 2.42. The van der Waals surface area contributed by atoms with E-state index in [0.717, 1.165) is 12.8 Å². The molecule has 1 saturated carbocycles. The van der Waals surface area contributed by atoms with Crippen molar-refractivity contribution < 1.29 is 9.18 Å². The Morgan fingerprint density at radius 1 is 1.43 bits per heavy atom. The van der Waals surface area contributed by atoms with Crippen molar-refractivity contribution in [1.82, 2.24) is 5.32 Å². The number of rotatable bonds is 5. The zero-order chi connectivity index (χ0) is 10.8. The highest BCUT2D eigenvalue weighted by Gasteiger charge is 2.49. The van der Waals surface area contributed by atoms with Gasteiger partial charge in [0, 0.05) is 6.04 Å². The van der Waals surface area contributed by atoms with Crippen LogP contribution in [0.25, 0.3) is 0 Å². The van der Waals surface area contributed by atoms with Crippen LogP contribution in [-0.2, 0) is 4.79 Å². The third kappa shape index (κ3) is 2.46. The van der Waals surface area contributed by atoms with E-state index in [1.807, 2.05) is 6.92 Å². The fourth-order valence-electron chi connectivity index (χ4n) is 1.45. The lowest BCUT2D eigenvalue weighted by Gasteiger charge is -2.21. The van der Waals surface area contributed by atoms with Gasteiger partial charge in [-0.1, -0.05) is 13.8 Å². The predicted molar refractivity (Wildman–Crippen MR) is 54.7 cm³/mol. The minimum atomic E-state index is -0.385. The van der Waals surface area contributed by atoms with Gasteiger partial charge in [0.1, 0.15) is 0 Å². The first kappa shape index (κ1) is 11.5. The van der Waals surface area contributed by atoms with Crippen molar-refractivity contribution in [2.24, 2.45) is 11.3 Å². The fraction of sp³-hybridized carbons (Fsp3) is 0.909. The molecule has 1 N–H and O–H groups in total. The Morgan fingerprint density at radius 2 is 2.00 bits per heavy atom. The van der Waals surface area contributed by atoms with Crippen LogP contribution in [0, 0.1) is 11.3 Å². The number of alkyl halides is 1. The normalized spacial score (nSPS) is 20.6. The summed E-state index contributed by atoms with van der Waals surface area (Å²) in [6.07, 6.45) is 2.10. The first-order chi connectivity index (χ1) is 6.52. The van der Waals surface area contributed by atoms with Crippen molar-refractivity contribution in [2.45, 2.75) is 46.1 Å². The standard InChI is InChI=1S/C11H20FNO/c1-8(2)9(3)13-10(14)11(4-5-11)6-7-12/h8-9H,4-7H2,1-3H3,(H,13,14). The summed E-state index contributed by atoms with van der Waals surface area (Å²) in [4.78, 5) is 11.8. The molecule has 0 aromatic rings. The SMILES string of the molecule is CC(C)C(C)NC(=O)C1(CCF)CC1. The van der Waals surface area contributed by atoms with Crippen LogP contribution in [0.1, 0.15) is 40.0 Å². The van der Waals surface area contributed by atoms with Gasteiger partial charge in [0.05, 0.1) is 12.1 Å². The fourth-order valence-corrected chi connectivity index (χ4v) is 1.45. The molecule has 0 saturated heterocycles. The van der Waals surface area contributed by atoms with E-state index in [0.29, 0.717) is 12.3 Å². The highest BCUT2D eigenvalue weighted by molar-refractivity contribution is 5.85. The van der Waals surface area contributed by atoms with Gasteiger partial charge in [-0.25, -0.2) is 0 Å². The highest BCUT2D eigenvalue weighted by Crippen LogP contribution is 2.49. The molecule has 1 aliphatic carbocycles. The molecular formula is C11H20FNO. The molecule has 0 radical (unpaired) electrons. The van der Waals surface area contributed by atoms with Crippen molar-refractivity contribution in [3.8, 4) is 0 Å². The molecule has 82 valence electrons. The van der Waals surface area contributed by atoms with E-state index in [-0.39, 0.29) is 24.0 Å². The molecule has 1 unspecified atom stereocenters. The Hall–Kier alpha value is -0.600. The zero-order valence-electron chi connectivity index (χ0n) is 9.27. The smallest absolute Gasteiger partial charge is 0.226 e. The molecule has 1 atom stereocenters. The molecule has 14 heavy (non-hydrogen) atoms. The predicted octanol–water partition coefficient (Wildman–Crippen LogP) is 2.29. The van der Waals surface area contributed by atoms with E-state index in [4.69, 9.17) is 0 Å². The first-order valence-corrected chi connectivity index (χ1v) is 5.39. The molecule has 2 nitrogen and oxygen atoms in total. The van der Waals surface area contributed by atoms with Crippen LogP contribution < -0.4 is 5.32 Å². The lowest BCUT2D eigenvalue weighted by molar-refractivity contribution is -0.127. The van der Waals surface area contributed by atoms with Gasteiger partial charge >= 0.3 is 0 Å². The Kier molecular flexibility index (Phi) is 3.51. The van der Waals surface area contributed by atoms with Crippen LogP contribution in [-0.4, -0.2) is 18.6 Å². The summed E-state index contributed by atoms with van der Waals surface area (Å²) in [6.45, 7) is 5.75. The van der Waals surface area contributed by atoms with Gasteiger partial charge in [-0.3, -0.25) is 9.18 Å². The van der Waals surface area contributed by atoms with Crippen molar-refractivity contribution in [3.63, 3.8) is 0 Å². The highest BCUT2D eigenvalue weighted by atomic mass is 19.1. The maximum absolute atomic E-state index is 12.2. The largest absolute Gasteiger partial charge is 0.353 e. The first-order valence-electron chi connectivity index (χ1n) is 5.39. The van der Waals surface area contributed by atoms with Gasteiger partial charge in [0.15, 0.2) is 0 Å². The summed E-state index contributed by atoms with van der Waals surface area (Å²) in [5, 5.41) is 2.96. The van der Waals surface area contributed by atoms with Crippen molar-refractivity contribution in [2.75, 3.05) is 6.67 Å². The molecule has 1 aliphatic rings. The summed E-state index contributed by atoms with van der Waals surface area (Å²) in [6, 6.07) is 0.180. The second-order valence-electron chi connectivity index (χ2n) is 4.73. The van der Waals surface area contributed by atoms with E-state index in [1.54, 1.807) is 0 Å². The molecule has 1 amide bonds. The molecule has 1 fully saturated rings. The maximum Gasteiger partial charge on any atom is 0.226 e. The van der Waals surface area contributed by atoms with E-state index in [2.05, 4.69) is 19.2 Å². The number of hydrogen-bond donors (Lipinski definition) is 1. The summed E-state index contributed by atoms with van der Waals surface area (Å²) >= 11 is 0. The van der Waals surface area contributed by atoms with Crippen molar-refractivity contribution in [1.29, 1.82) is 0 Å². The van der Waals surface area contributed by atoms with Crippen LogP contribution in [0.3, 0.4) is 0 Å². The average molecular weight is 201 g/mol. The van der Waals surface area contributed by atoms with E-state index in [1.165, 1.54) is 0 Å². The molecule has 0 aromatic carbocycles. The minimum absolute atomic E-state index is 0.0522. The molecule has 0 heterocycles. The second kappa shape index (κ2) is 4.28. The van der Waals surface area contributed by atoms with Crippen LogP contribution in [0.2, 0.25) is 0 Å². The molecular weight excluding hydrogens is 181 g/mol. The Morgan fingerprint density at radius 3 is 2.36 bits per heavy atom. The van der Waals surface area contributed by atoms with Crippen LogP contribution in [0.15, 0.2) is 0 Å². The number of hydrogen-bond acceptors (Lipinski definition) is 1. The summed E-state index contributed by atoms with van der Waals surface area (Å²) in [7, 11) is 0. The molecule has 0 aliphatic heterocycles. The van der Waals surface area contributed by atoms with Crippen LogP contribution in [0.5, 0.6) is 0 Å². The summed E-state index contributed by atoms with van der Waals surface area (Å²) in [5.41, 5.74) is -0.349. The third-order valence-corrected chi connectivity index (χ3v) is 3.27. The van der Waals surface area contributed by atoms with Gasteiger partial charge in [-0.05, 0) is 32.1 Å². The van der Waals surface area contributed by atoms with Crippen LogP contribution >= 0.6 is 0 Å². The van der Waals surface area contributed by atoms with Crippen LogP contribution in [0.4, 0.5) is 4.39 Å². The number of carbonyl (C=O) groups is 1. The minimum Gasteiger partial charge on any atom is -0.353 e. The third-order valence-electron chi connectivity index (χ3n) is 3.27. The van der Waals surface area contributed by atoms with Crippen molar-refractivity contribution in [3.05, 3.63) is 0 Å². The van der Waals surface area contributed by atoms with Gasteiger partial charge in [0.25, 0.3) is 0 Å². The molecule has 0 spiro atoms. The Bertz CT molecular complexity index is 211. The van der Waals surface area contributed by atoms with Gasteiger partial charge in [0.2, 0.25) is 5.91 Å². The zero-order valence-corrected chi connectivity index (χ0v) is 9.27. The summed E-state index contributed by atoms with van der Waals surface area (Å²) in [5.74, 6) is 0.483. The lowest BCUT2D eigenvalue weighted by Crippen LogP contribution is -2.41. The molecule has 0 bridgehead atoms. The quantitative estimate of drug-likeness (QED) is 0.726. The second-order valence-corrected chi connectivity index (χ2v) is 4.73. The van der Waals surface area contributed by atoms with E-state index >= 15 is 0 Å². The Labute approximate surface area is 85.3 Å². The van der Waals surface area contributed by atoms with Crippen molar-refractivity contribution >= 4 is 5.91 Å². The maximum atomic E-state index is 12.2. The molecule has 3 heteroatoms. The number of nitrogens with one attached hydrogen (secondary N) is 1. The molecule has 1 rings (SSSR count). The van der Waals surface area contributed by atoms with E-state index < -0.39 is 0 Å².